The Labute approximate surface area is 140 Å². The van der Waals surface area contributed by atoms with Crippen molar-refractivity contribution in [3.63, 3.8) is 0 Å². The average Bonchev–Trinajstić information content (AvgIpc) is 3.17. The van der Waals surface area contributed by atoms with Gasteiger partial charge < -0.3 is 9.64 Å². The third-order valence-corrected chi connectivity index (χ3v) is 4.75. The van der Waals surface area contributed by atoms with Crippen LogP contribution in [-0.2, 0) is 29.9 Å². The van der Waals surface area contributed by atoms with Crippen LogP contribution in [0.3, 0.4) is 0 Å². The second kappa shape index (κ2) is 5.66. The number of ether oxygens (including phenoxy) is 1. The molecule has 7 nitrogen and oxygen atoms in total. The van der Waals surface area contributed by atoms with Gasteiger partial charge in [0.1, 0.15) is 11.4 Å². The average molecular weight is 327 g/mol. The van der Waals surface area contributed by atoms with Gasteiger partial charge >= 0.3 is 0 Å². The van der Waals surface area contributed by atoms with E-state index in [9.17, 15) is 4.79 Å². The largest absolute Gasteiger partial charge is 0.360 e. The van der Waals surface area contributed by atoms with Gasteiger partial charge in [-0.25, -0.2) is 9.97 Å². The molecule has 24 heavy (non-hydrogen) atoms. The second-order valence-electron chi connectivity index (χ2n) is 6.43. The number of carbonyl (C=O) groups excluding carboxylic acids is 1. The summed E-state index contributed by atoms with van der Waals surface area (Å²) in [6, 6.07) is 0. The van der Waals surface area contributed by atoms with Gasteiger partial charge in [-0.1, -0.05) is 6.92 Å². The normalized spacial score (nSPS) is 17.8. The molecule has 0 unspecified atom stereocenters. The lowest BCUT2D eigenvalue weighted by Crippen LogP contribution is -2.61. The summed E-state index contributed by atoms with van der Waals surface area (Å²) in [5.41, 5.74) is 2.21. The van der Waals surface area contributed by atoms with Crippen LogP contribution < -0.4 is 0 Å². The summed E-state index contributed by atoms with van der Waals surface area (Å²) < 4.78 is 7.76. The van der Waals surface area contributed by atoms with Crippen molar-refractivity contribution in [1.82, 2.24) is 24.6 Å². The third-order valence-electron chi connectivity index (χ3n) is 4.75. The van der Waals surface area contributed by atoms with Crippen LogP contribution in [0.2, 0.25) is 0 Å². The molecule has 0 aliphatic carbocycles. The molecule has 7 heteroatoms. The highest BCUT2D eigenvalue weighted by Gasteiger charge is 2.52. The maximum absolute atomic E-state index is 12.5. The molecule has 126 valence electrons. The van der Waals surface area contributed by atoms with Gasteiger partial charge in [0.25, 0.3) is 5.91 Å². The van der Waals surface area contributed by atoms with E-state index in [4.69, 9.17) is 4.74 Å². The van der Waals surface area contributed by atoms with E-state index in [0.717, 1.165) is 36.5 Å². The number of fused-ring (bicyclic) bond motifs is 2. The van der Waals surface area contributed by atoms with Crippen molar-refractivity contribution < 1.29 is 9.53 Å². The molecule has 2 aromatic heterocycles. The second-order valence-corrected chi connectivity index (χ2v) is 6.43. The standard InChI is InChI=1S/C17H21N5O2/c1-3-5-15-18-7-13-14(20-15)9-24-17(13)10-21(11-17)16(23)12-6-19-22(4-2)8-12/h6-8H,3-5,9-11H2,1-2H3. The highest BCUT2D eigenvalue weighted by Crippen LogP contribution is 2.42. The van der Waals surface area contributed by atoms with E-state index in [1.165, 1.54) is 0 Å². The van der Waals surface area contributed by atoms with Crippen LogP contribution in [0.1, 0.15) is 47.7 Å². The Morgan fingerprint density at radius 3 is 2.88 bits per heavy atom. The number of likely N-dealkylation sites (tertiary alicyclic amines) is 1. The highest BCUT2D eigenvalue weighted by molar-refractivity contribution is 5.94. The molecule has 1 saturated heterocycles. The number of rotatable bonds is 4. The first-order chi connectivity index (χ1) is 11.6. The Kier molecular flexibility index (Phi) is 3.60. The maximum atomic E-state index is 12.5. The fourth-order valence-electron chi connectivity index (χ4n) is 3.38. The van der Waals surface area contributed by atoms with Gasteiger partial charge in [0.05, 0.1) is 37.2 Å². The monoisotopic (exact) mass is 327 g/mol. The fourth-order valence-corrected chi connectivity index (χ4v) is 3.38. The molecule has 0 aromatic carbocycles. The third kappa shape index (κ3) is 2.31. The fraction of sp³-hybridized carbons (Fsp3) is 0.529. The highest BCUT2D eigenvalue weighted by atomic mass is 16.5. The van der Waals surface area contributed by atoms with Crippen LogP contribution in [0.15, 0.2) is 18.6 Å². The zero-order chi connectivity index (χ0) is 16.7. The van der Waals surface area contributed by atoms with Gasteiger partial charge in [-0.15, -0.1) is 0 Å². The summed E-state index contributed by atoms with van der Waals surface area (Å²) in [5.74, 6) is 0.872. The molecule has 4 heterocycles. The molecule has 0 N–H and O–H groups in total. The molecule has 0 atom stereocenters. The minimum absolute atomic E-state index is 0.000830. The minimum atomic E-state index is -0.420. The molecule has 2 aromatic rings. The van der Waals surface area contributed by atoms with Crippen molar-refractivity contribution in [2.75, 3.05) is 13.1 Å². The molecule has 4 rings (SSSR count). The number of aryl methyl sites for hydroxylation is 2. The van der Waals surface area contributed by atoms with Crippen LogP contribution >= 0.6 is 0 Å². The Hall–Kier alpha value is -2.28. The topological polar surface area (TPSA) is 73.1 Å². The van der Waals surface area contributed by atoms with Gasteiger partial charge in [-0.05, 0) is 13.3 Å². The number of amides is 1. The first-order valence-electron chi connectivity index (χ1n) is 8.46. The lowest BCUT2D eigenvalue weighted by Gasteiger charge is -2.47. The Balaban J connectivity index is 1.49. The van der Waals surface area contributed by atoms with Gasteiger partial charge in [-0.2, -0.15) is 5.10 Å². The summed E-state index contributed by atoms with van der Waals surface area (Å²) in [5, 5.41) is 4.17. The summed E-state index contributed by atoms with van der Waals surface area (Å²) >= 11 is 0. The van der Waals surface area contributed by atoms with Crippen LogP contribution in [0.5, 0.6) is 0 Å². The van der Waals surface area contributed by atoms with Crippen molar-refractivity contribution in [3.05, 3.63) is 41.2 Å². The number of carbonyl (C=O) groups is 1. The summed E-state index contributed by atoms with van der Waals surface area (Å²) in [6.07, 6.45) is 7.21. The predicted octanol–water partition coefficient (Wildman–Crippen LogP) is 1.53. The molecule has 0 saturated carbocycles. The van der Waals surface area contributed by atoms with Gasteiger partial charge in [0.2, 0.25) is 0 Å². The molecular weight excluding hydrogens is 306 g/mol. The summed E-state index contributed by atoms with van der Waals surface area (Å²) in [6.45, 7) is 6.47. The van der Waals surface area contributed by atoms with Gasteiger partial charge in [0, 0.05) is 30.9 Å². The minimum Gasteiger partial charge on any atom is -0.360 e. The van der Waals surface area contributed by atoms with E-state index < -0.39 is 5.60 Å². The van der Waals surface area contributed by atoms with Gasteiger partial charge in [-0.3, -0.25) is 9.48 Å². The molecule has 2 aliphatic rings. The van der Waals surface area contributed by atoms with E-state index in [0.29, 0.717) is 25.3 Å². The molecule has 1 amide bonds. The van der Waals surface area contributed by atoms with Crippen molar-refractivity contribution in [2.24, 2.45) is 0 Å². The number of aromatic nitrogens is 4. The lowest BCUT2D eigenvalue weighted by molar-refractivity contribution is -0.126. The predicted molar refractivity (Wildman–Crippen MR) is 86.3 cm³/mol. The zero-order valence-electron chi connectivity index (χ0n) is 14.0. The van der Waals surface area contributed by atoms with Crippen molar-refractivity contribution in [2.45, 2.75) is 45.4 Å². The lowest BCUT2D eigenvalue weighted by atomic mass is 9.87. The van der Waals surface area contributed by atoms with Crippen molar-refractivity contribution in [3.8, 4) is 0 Å². The molecule has 2 aliphatic heterocycles. The molecule has 1 fully saturated rings. The van der Waals surface area contributed by atoms with Crippen LogP contribution in [0.25, 0.3) is 0 Å². The van der Waals surface area contributed by atoms with Crippen molar-refractivity contribution >= 4 is 5.91 Å². The van der Waals surface area contributed by atoms with Gasteiger partial charge in [0.15, 0.2) is 0 Å². The number of hydrogen-bond acceptors (Lipinski definition) is 5. The van der Waals surface area contributed by atoms with E-state index >= 15 is 0 Å². The van der Waals surface area contributed by atoms with E-state index in [1.54, 1.807) is 22.0 Å². The Morgan fingerprint density at radius 2 is 2.17 bits per heavy atom. The molecule has 0 radical (unpaired) electrons. The van der Waals surface area contributed by atoms with E-state index in [1.807, 2.05) is 13.1 Å². The van der Waals surface area contributed by atoms with E-state index in [-0.39, 0.29) is 5.91 Å². The van der Waals surface area contributed by atoms with Crippen molar-refractivity contribution in [1.29, 1.82) is 0 Å². The van der Waals surface area contributed by atoms with Crippen LogP contribution in [-0.4, -0.2) is 43.6 Å². The molecule has 1 spiro atoms. The SMILES string of the molecule is CCCc1ncc2c(n1)COC21CN(C(=O)c2cnn(CC)c2)C1. The first kappa shape index (κ1) is 15.3. The zero-order valence-corrected chi connectivity index (χ0v) is 14.0. The van der Waals surface area contributed by atoms with Crippen LogP contribution in [0.4, 0.5) is 0 Å². The molecular formula is C17H21N5O2. The Morgan fingerprint density at radius 1 is 1.33 bits per heavy atom. The van der Waals surface area contributed by atoms with Crippen LogP contribution in [0, 0.1) is 0 Å². The first-order valence-corrected chi connectivity index (χ1v) is 8.46. The number of nitrogens with zero attached hydrogens (tertiary/aromatic N) is 5. The molecule has 0 bridgehead atoms. The summed E-state index contributed by atoms with van der Waals surface area (Å²) in [4.78, 5) is 23.4. The number of hydrogen-bond donors (Lipinski definition) is 0. The smallest absolute Gasteiger partial charge is 0.257 e. The van der Waals surface area contributed by atoms with E-state index in [2.05, 4.69) is 22.0 Å². The summed E-state index contributed by atoms with van der Waals surface area (Å²) in [7, 11) is 0. The Bertz CT molecular complexity index is 779. The maximum Gasteiger partial charge on any atom is 0.257 e. The quantitative estimate of drug-likeness (QED) is 0.851.